The van der Waals surface area contributed by atoms with Crippen LogP contribution >= 0.6 is 0 Å². The molecule has 0 saturated carbocycles. The van der Waals surface area contributed by atoms with Crippen molar-refractivity contribution >= 4 is 10.0 Å². The molecule has 1 atom stereocenters. The van der Waals surface area contributed by atoms with E-state index >= 15 is 0 Å². The first-order chi connectivity index (χ1) is 11.5. The lowest BCUT2D eigenvalue weighted by molar-refractivity contribution is 0.146. The Morgan fingerprint density at radius 2 is 1.75 bits per heavy atom. The maximum absolute atomic E-state index is 13.0. The molecule has 0 aliphatic carbocycles. The molecule has 5 nitrogen and oxygen atoms in total. The lowest BCUT2D eigenvalue weighted by Gasteiger charge is -2.37. The third kappa shape index (κ3) is 3.48. The normalized spacial score (nSPS) is 18.4. The second kappa shape index (κ2) is 6.96. The maximum Gasteiger partial charge on any atom is 0.244 e. The van der Waals surface area contributed by atoms with Crippen LogP contribution in [0.25, 0.3) is 0 Å². The fourth-order valence-electron chi connectivity index (χ4n) is 2.93. The molecule has 0 radical (unpaired) electrons. The van der Waals surface area contributed by atoms with Crippen molar-refractivity contribution < 1.29 is 12.8 Å². The summed E-state index contributed by atoms with van der Waals surface area (Å²) in [6.45, 7) is 4.19. The minimum absolute atomic E-state index is 0.119. The number of rotatable bonds is 4. The van der Waals surface area contributed by atoms with Crippen molar-refractivity contribution in [1.29, 1.82) is 0 Å². The molecule has 0 N–H and O–H groups in total. The number of pyridine rings is 1. The van der Waals surface area contributed by atoms with Gasteiger partial charge in [-0.25, -0.2) is 12.8 Å². The van der Waals surface area contributed by atoms with Gasteiger partial charge in [0, 0.05) is 44.6 Å². The Bertz CT molecular complexity index is 773. The summed E-state index contributed by atoms with van der Waals surface area (Å²) in [5.41, 5.74) is 1.03. The molecule has 1 saturated heterocycles. The average molecular weight is 349 g/mol. The Labute approximate surface area is 141 Å². The molecule has 2 aromatic rings. The van der Waals surface area contributed by atoms with Gasteiger partial charge in [0.2, 0.25) is 10.0 Å². The highest BCUT2D eigenvalue weighted by Crippen LogP contribution is 2.24. The molecule has 0 amide bonds. The highest BCUT2D eigenvalue weighted by Gasteiger charge is 2.30. The molecule has 2 heterocycles. The van der Waals surface area contributed by atoms with E-state index in [2.05, 4.69) is 16.8 Å². The lowest BCUT2D eigenvalue weighted by Crippen LogP contribution is -2.49. The number of hydrogen-bond donors (Lipinski definition) is 0. The second-order valence-corrected chi connectivity index (χ2v) is 7.79. The molecule has 1 fully saturated rings. The van der Waals surface area contributed by atoms with Crippen molar-refractivity contribution in [2.75, 3.05) is 26.2 Å². The average Bonchev–Trinajstić information content (AvgIpc) is 2.62. The van der Waals surface area contributed by atoms with E-state index in [9.17, 15) is 12.8 Å². The number of piperazine rings is 1. The number of sulfonamides is 1. The highest BCUT2D eigenvalue weighted by atomic mass is 32.2. The number of benzene rings is 1. The van der Waals surface area contributed by atoms with Crippen molar-refractivity contribution in [3.63, 3.8) is 0 Å². The molecule has 1 aromatic carbocycles. The van der Waals surface area contributed by atoms with E-state index < -0.39 is 10.0 Å². The SMILES string of the molecule is C[C@H](c1ccc(F)cc1)N1CCN(S(=O)(=O)c2cccnc2)CC1. The summed E-state index contributed by atoms with van der Waals surface area (Å²) in [5.74, 6) is -0.252. The molecule has 24 heavy (non-hydrogen) atoms. The zero-order valence-electron chi connectivity index (χ0n) is 13.5. The molecular weight excluding hydrogens is 329 g/mol. The van der Waals surface area contributed by atoms with Gasteiger partial charge in [-0.2, -0.15) is 4.31 Å². The van der Waals surface area contributed by atoms with Gasteiger partial charge >= 0.3 is 0 Å². The van der Waals surface area contributed by atoms with E-state index in [1.54, 1.807) is 30.5 Å². The first kappa shape index (κ1) is 17.0. The predicted molar refractivity (Wildman–Crippen MR) is 89.4 cm³/mol. The lowest BCUT2D eigenvalue weighted by atomic mass is 10.1. The van der Waals surface area contributed by atoms with Crippen molar-refractivity contribution in [3.05, 3.63) is 60.2 Å². The molecule has 3 rings (SSSR count). The standard InChI is InChI=1S/C17H20FN3O2S/c1-14(15-4-6-16(18)7-5-15)20-9-11-21(12-10-20)24(22,23)17-3-2-8-19-13-17/h2-8,13-14H,9-12H2,1H3/t14-/m1/s1. The van der Waals surface area contributed by atoms with Crippen LogP contribution in [0.4, 0.5) is 4.39 Å². The summed E-state index contributed by atoms with van der Waals surface area (Å²) in [6, 6.07) is 9.77. The van der Waals surface area contributed by atoms with Gasteiger partial charge < -0.3 is 0 Å². The molecule has 0 spiro atoms. The largest absolute Gasteiger partial charge is 0.294 e. The first-order valence-corrected chi connectivity index (χ1v) is 9.32. The molecule has 0 unspecified atom stereocenters. The van der Waals surface area contributed by atoms with Crippen LogP contribution in [0, 0.1) is 5.82 Å². The van der Waals surface area contributed by atoms with Crippen molar-refractivity contribution in [2.24, 2.45) is 0 Å². The Hall–Kier alpha value is -1.83. The number of aromatic nitrogens is 1. The molecule has 1 aliphatic heterocycles. The van der Waals surface area contributed by atoms with Gasteiger partial charge in [0.15, 0.2) is 0 Å². The zero-order valence-corrected chi connectivity index (χ0v) is 14.3. The van der Waals surface area contributed by atoms with Crippen molar-refractivity contribution in [2.45, 2.75) is 17.9 Å². The van der Waals surface area contributed by atoms with E-state index in [0.29, 0.717) is 26.2 Å². The van der Waals surface area contributed by atoms with E-state index in [1.807, 2.05) is 0 Å². The second-order valence-electron chi connectivity index (χ2n) is 5.86. The minimum atomic E-state index is -3.49. The maximum atomic E-state index is 13.0. The van der Waals surface area contributed by atoms with Crippen LogP contribution in [0.3, 0.4) is 0 Å². The molecule has 0 bridgehead atoms. The van der Waals surface area contributed by atoms with Crippen LogP contribution in [0.5, 0.6) is 0 Å². The van der Waals surface area contributed by atoms with Gasteiger partial charge in [0.05, 0.1) is 0 Å². The summed E-state index contributed by atoms with van der Waals surface area (Å²) < 4.78 is 39.7. The smallest absolute Gasteiger partial charge is 0.244 e. The molecular formula is C17H20FN3O2S. The Morgan fingerprint density at radius 1 is 1.08 bits per heavy atom. The van der Waals surface area contributed by atoms with Crippen LogP contribution in [-0.4, -0.2) is 48.8 Å². The summed E-state index contributed by atoms with van der Waals surface area (Å²) >= 11 is 0. The van der Waals surface area contributed by atoms with Gasteiger partial charge in [-0.05, 0) is 36.8 Å². The fraction of sp³-hybridized carbons (Fsp3) is 0.353. The van der Waals surface area contributed by atoms with Crippen molar-refractivity contribution in [3.8, 4) is 0 Å². The van der Waals surface area contributed by atoms with Gasteiger partial charge in [0.25, 0.3) is 0 Å². The first-order valence-electron chi connectivity index (χ1n) is 7.88. The number of hydrogen-bond acceptors (Lipinski definition) is 4. The van der Waals surface area contributed by atoms with E-state index in [1.165, 1.54) is 22.6 Å². The quantitative estimate of drug-likeness (QED) is 0.850. The van der Waals surface area contributed by atoms with Gasteiger partial charge in [-0.15, -0.1) is 0 Å². The Kier molecular flexibility index (Phi) is 4.93. The van der Waals surface area contributed by atoms with Crippen molar-refractivity contribution in [1.82, 2.24) is 14.2 Å². The van der Waals surface area contributed by atoms with E-state index in [4.69, 9.17) is 0 Å². The van der Waals surface area contributed by atoms with Gasteiger partial charge in [-0.3, -0.25) is 9.88 Å². The van der Waals surface area contributed by atoms with Crippen LogP contribution in [-0.2, 0) is 10.0 Å². The van der Waals surface area contributed by atoms with E-state index in [-0.39, 0.29) is 16.8 Å². The van der Waals surface area contributed by atoms with Gasteiger partial charge in [-0.1, -0.05) is 12.1 Å². The minimum Gasteiger partial charge on any atom is -0.294 e. The summed E-state index contributed by atoms with van der Waals surface area (Å²) in [5, 5.41) is 0. The Morgan fingerprint density at radius 3 is 2.33 bits per heavy atom. The third-order valence-electron chi connectivity index (χ3n) is 4.45. The third-order valence-corrected chi connectivity index (χ3v) is 6.33. The topological polar surface area (TPSA) is 53.5 Å². The molecule has 7 heteroatoms. The molecule has 1 aliphatic rings. The Balaban J connectivity index is 1.66. The van der Waals surface area contributed by atoms with E-state index in [0.717, 1.165) is 5.56 Å². The summed E-state index contributed by atoms with van der Waals surface area (Å²) in [4.78, 5) is 6.33. The molecule has 1 aromatic heterocycles. The fourth-order valence-corrected chi connectivity index (χ4v) is 4.32. The van der Waals surface area contributed by atoms with Gasteiger partial charge in [0.1, 0.15) is 10.7 Å². The predicted octanol–water partition coefficient (Wildman–Crippen LogP) is 2.29. The molecule has 128 valence electrons. The van der Waals surface area contributed by atoms with Crippen LogP contribution < -0.4 is 0 Å². The number of halogens is 1. The van der Waals surface area contributed by atoms with Crippen LogP contribution in [0.15, 0.2) is 53.7 Å². The van der Waals surface area contributed by atoms with Crippen LogP contribution in [0.1, 0.15) is 18.5 Å². The summed E-state index contributed by atoms with van der Waals surface area (Å²) in [6.07, 6.45) is 2.93. The monoisotopic (exact) mass is 349 g/mol. The highest BCUT2D eigenvalue weighted by molar-refractivity contribution is 7.89. The zero-order chi connectivity index (χ0) is 17.2. The number of nitrogens with zero attached hydrogens (tertiary/aromatic N) is 3. The van der Waals surface area contributed by atoms with Crippen LogP contribution in [0.2, 0.25) is 0 Å². The summed E-state index contributed by atoms with van der Waals surface area (Å²) in [7, 11) is -3.49.